The van der Waals surface area contributed by atoms with Gasteiger partial charge in [0.15, 0.2) is 0 Å². The zero-order valence-corrected chi connectivity index (χ0v) is 11.4. The fourth-order valence-electron chi connectivity index (χ4n) is 2.69. The van der Waals surface area contributed by atoms with Crippen molar-refractivity contribution in [3.8, 4) is 0 Å². The minimum Gasteiger partial charge on any atom is -0.381 e. The van der Waals surface area contributed by atoms with Gasteiger partial charge in [-0.3, -0.25) is 0 Å². The number of anilines is 1. The Labute approximate surface area is 115 Å². The molecule has 1 aliphatic rings. The molecule has 6 heteroatoms. The van der Waals surface area contributed by atoms with Gasteiger partial charge in [0.05, 0.1) is 16.1 Å². The van der Waals surface area contributed by atoms with Crippen molar-refractivity contribution >= 4 is 28.6 Å². The Kier molecular flexibility index (Phi) is 2.91. The zero-order valence-electron chi connectivity index (χ0n) is 10.6. The molecule has 1 aliphatic heterocycles. The van der Waals surface area contributed by atoms with Gasteiger partial charge in [0.2, 0.25) is 5.95 Å². The molecule has 0 atom stereocenters. The number of hydrogen-bond acceptors (Lipinski definition) is 3. The molecule has 19 heavy (non-hydrogen) atoms. The number of nitrogens with two attached hydrogens (primary N) is 1. The maximum absolute atomic E-state index is 13.7. The minimum atomic E-state index is -0.453. The van der Waals surface area contributed by atoms with Crippen molar-refractivity contribution in [1.29, 1.82) is 0 Å². The summed E-state index contributed by atoms with van der Waals surface area (Å²) in [7, 11) is 0. The Morgan fingerprint density at radius 1 is 1.42 bits per heavy atom. The summed E-state index contributed by atoms with van der Waals surface area (Å²) in [5.74, 6) is -0.0629. The first kappa shape index (κ1) is 12.7. The predicted molar refractivity (Wildman–Crippen MR) is 72.8 cm³/mol. The maximum atomic E-state index is 13.7. The molecule has 0 aliphatic carbocycles. The lowest BCUT2D eigenvalue weighted by Crippen LogP contribution is -2.37. The molecule has 1 aromatic heterocycles. The van der Waals surface area contributed by atoms with Crippen LogP contribution >= 0.6 is 11.6 Å². The molecule has 0 spiro atoms. The van der Waals surface area contributed by atoms with Crippen molar-refractivity contribution < 1.29 is 9.13 Å². The Morgan fingerprint density at radius 3 is 2.79 bits per heavy atom. The van der Waals surface area contributed by atoms with Gasteiger partial charge in [0.1, 0.15) is 5.82 Å². The topological polar surface area (TPSA) is 53.1 Å². The molecular weight excluding hydrogens is 269 g/mol. The molecule has 2 heterocycles. The Bertz CT molecular complexity index is 634. The molecule has 0 amide bonds. The Hall–Kier alpha value is -1.33. The van der Waals surface area contributed by atoms with Gasteiger partial charge < -0.3 is 15.0 Å². The summed E-state index contributed by atoms with van der Waals surface area (Å²) in [6.45, 7) is 3.44. The van der Waals surface area contributed by atoms with Crippen molar-refractivity contribution in [3.05, 3.63) is 23.0 Å². The number of nitrogen functional groups attached to an aromatic ring is 1. The summed E-state index contributed by atoms with van der Waals surface area (Å²) in [6.07, 6.45) is 1.65. The van der Waals surface area contributed by atoms with Gasteiger partial charge in [0.25, 0.3) is 0 Å². The van der Waals surface area contributed by atoms with E-state index in [4.69, 9.17) is 22.1 Å². The van der Waals surface area contributed by atoms with Gasteiger partial charge in [-0.25, -0.2) is 9.37 Å². The summed E-state index contributed by atoms with van der Waals surface area (Å²) in [5, 5.41) is 0.0641. The number of hydrogen-bond donors (Lipinski definition) is 1. The van der Waals surface area contributed by atoms with Gasteiger partial charge in [0, 0.05) is 24.8 Å². The summed E-state index contributed by atoms with van der Waals surface area (Å²) >= 11 is 5.78. The molecule has 4 nitrogen and oxygen atoms in total. The smallest absolute Gasteiger partial charge is 0.201 e. The van der Waals surface area contributed by atoms with Crippen LogP contribution in [0.15, 0.2) is 12.1 Å². The summed E-state index contributed by atoms with van der Waals surface area (Å²) in [4.78, 5) is 4.28. The molecule has 0 radical (unpaired) electrons. The van der Waals surface area contributed by atoms with E-state index in [-0.39, 0.29) is 10.6 Å². The Balaban J connectivity index is 2.22. The van der Waals surface area contributed by atoms with E-state index in [2.05, 4.69) is 11.9 Å². The summed E-state index contributed by atoms with van der Waals surface area (Å²) in [6, 6.07) is 2.92. The molecule has 1 aromatic carbocycles. The number of halogens is 2. The Morgan fingerprint density at radius 2 is 2.11 bits per heavy atom. The number of ether oxygens (including phenoxy) is 1. The molecule has 3 rings (SSSR count). The van der Waals surface area contributed by atoms with Gasteiger partial charge >= 0.3 is 0 Å². The third-order valence-corrected chi connectivity index (χ3v) is 4.12. The first-order valence-corrected chi connectivity index (χ1v) is 6.60. The highest BCUT2D eigenvalue weighted by atomic mass is 35.5. The largest absolute Gasteiger partial charge is 0.381 e. The first-order chi connectivity index (χ1) is 9.01. The van der Waals surface area contributed by atoms with E-state index in [1.807, 2.05) is 4.57 Å². The lowest BCUT2D eigenvalue weighted by atomic mass is 9.92. The highest BCUT2D eigenvalue weighted by molar-refractivity contribution is 6.31. The normalized spacial score (nSPS) is 18.9. The van der Waals surface area contributed by atoms with Crippen LogP contribution < -0.4 is 5.73 Å². The zero-order chi connectivity index (χ0) is 13.6. The van der Waals surface area contributed by atoms with Crippen molar-refractivity contribution in [1.82, 2.24) is 9.55 Å². The molecule has 2 aromatic rings. The van der Waals surface area contributed by atoms with E-state index in [1.54, 1.807) is 0 Å². The second kappa shape index (κ2) is 4.35. The molecule has 0 saturated carbocycles. The number of aromatic nitrogens is 2. The van der Waals surface area contributed by atoms with Crippen LogP contribution in [-0.4, -0.2) is 22.8 Å². The molecular formula is C13H15ClFN3O. The van der Waals surface area contributed by atoms with E-state index < -0.39 is 5.82 Å². The van der Waals surface area contributed by atoms with Crippen LogP contribution in [0.5, 0.6) is 0 Å². The number of imidazole rings is 1. The van der Waals surface area contributed by atoms with Crippen molar-refractivity contribution in [2.45, 2.75) is 25.3 Å². The average Bonchev–Trinajstić information content (AvgIpc) is 2.67. The van der Waals surface area contributed by atoms with Crippen LogP contribution in [0.4, 0.5) is 10.3 Å². The van der Waals surface area contributed by atoms with E-state index in [0.29, 0.717) is 30.2 Å². The van der Waals surface area contributed by atoms with Crippen LogP contribution in [0.1, 0.15) is 19.8 Å². The number of nitrogens with zero attached hydrogens (tertiary/aromatic N) is 2. The molecule has 0 unspecified atom stereocenters. The molecule has 1 saturated heterocycles. The number of fused-ring (bicyclic) bond motifs is 1. The number of rotatable bonds is 1. The van der Waals surface area contributed by atoms with Crippen molar-refractivity contribution in [2.24, 2.45) is 0 Å². The van der Waals surface area contributed by atoms with Gasteiger partial charge in [-0.2, -0.15) is 0 Å². The maximum Gasteiger partial charge on any atom is 0.201 e. The van der Waals surface area contributed by atoms with Gasteiger partial charge in [-0.15, -0.1) is 0 Å². The lowest BCUT2D eigenvalue weighted by molar-refractivity contribution is 0.0320. The van der Waals surface area contributed by atoms with Crippen LogP contribution in [0, 0.1) is 5.82 Å². The predicted octanol–water partition coefficient (Wildman–Crippen LogP) is 2.94. The van der Waals surface area contributed by atoms with E-state index in [0.717, 1.165) is 12.8 Å². The first-order valence-electron chi connectivity index (χ1n) is 6.22. The summed E-state index contributed by atoms with van der Waals surface area (Å²) < 4.78 is 21.0. The quantitative estimate of drug-likeness (QED) is 0.875. The fourth-order valence-corrected chi connectivity index (χ4v) is 2.85. The second-order valence-corrected chi connectivity index (χ2v) is 5.58. The van der Waals surface area contributed by atoms with Crippen LogP contribution in [0.3, 0.4) is 0 Å². The molecule has 0 bridgehead atoms. The standard InChI is InChI=1S/C13H15ClFN3O/c1-13(2-4-19-5-3-13)18-11-7-9(15)8(14)6-10(11)17-12(18)16/h6-7H,2-5H2,1H3,(H2,16,17). The van der Waals surface area contributed by atoms with E-state index in [1.165, 1.54) is 12.1 Å². The SMILES string of the molecule is CC1(n2c(N)nc3cc(Cl)c(F)cc32)CCOCC1. The third-order valence-electron chi connectivity index (χ3n) is 3.83. The van der Waals surface area contributed by atoms with E-state index >= 15 is 0 Å². The van der Waals surface area contributed by atoms with Gasteiger partial charge in [-0.1, -0.05) is 11.6 Å². The number of benzene rings is 1. The molecule has 102 valence electrons. The van der Waals surface area contributed by atoms with E-state index in [9.17, 15) is 4.39 Å². The van der Waals surface area contributed by atoms with Crippen molar-refractivity contribution in [3.63, 3.8) is 0 Å². The highest BCUT2D eigenvalue weighted by Crippen LogP contribution is 2.35. The van der Waals surface area contributed by atoms with Crippen molar-refractivity contribution in [2.75, 3.05) is 18.9 Å². The monoisotopic (exact) mass is 283 g/mol. The average molecular weight is 284 g/mol. The third kappa shape index (κ3) is 1.97. The molecule has 2 N–H and O–H groups in total. The van der Waals surface area contributed by atoms with Crippen LogP contribution in [0.25, 0.3) is 11.0 Å². The summed E-state index contributed by atoms with van der Waals surface area (Å²) in [5.41, 5.74) is 7.12. The highest BCUT2D eigenvalue weighted by Gasteiger charge is 2.32. The minimum absolute atomic E-state index is 0.0641. The van der Waals surface area contributed by atoms with Gasteiger partial charge in [-0.05, 0) is 25.8 Å². The van der Waals surface area contributed by atoms with Crippen LogP contribution in [0.2, 0.25) is 5.02 Å². The fraction of sp³-hybridized carbons (Fsp3) is 0.462. The lowest BCUT2D eigenvalue weighted by Gasteiger charge is -2.36. The van der Waals surface area contributed by atoms with Crippen LogP contribution in [-0.2, 0) is 10.3 Å². The molecule has 1 fully saturated rings. The second-order valence-electron chi connectivity index (χ2n) is 5.17.